The molecule has 0 bridgehead atoms. The number of aliphatic carboxylic acids is 1. The molecule has 126 valence electrons. The molecule has 2 nitrogen and oxygen atoms in total. The minimum Gasteiger partial charge on any atom is -0.481 e. The van der Waals surface area contributed by atoms with Crippen molar-refractivity contribution in [3.05, 3.63) is 108 Å². The summed E-state index contributed by atoms with van der Waals surface area (Å²) in [5.74, 6) is -0.892. The van der Waals surface area contributed by atoms with E-state index in [2.05, 4.69) is 36.4 Å². The van der Waals surface area contributed by atoms with Crippen LogP contribution in [0.1, 0.15) is 30.0 Å². The summed E-state index contributed by atoms with van der Waals surface area (Å²) < 4.78 is 0. The third-order valence-corrected chi connectivity index (χ3v) is 4.91. The molecule has 0 spiro atoms. The Morgan fingerprint density at radius 3 is 1.36 bits per heavy atom. The van der Waals surface area contributed by atoms with Gasteiger partial charge in [0.25, 0.3) is 0 Å². The van der Waals surface area contributed by atoms with E-state index in [9.17, 15) is 9.90 Å². The Morgan fingerprint density at radius 2 is 1.08 bits per heavy atom. The molecule has 0 aliphatic heterocycles. The second-order valence-electron chi connectivity index (χ2n) is 6.40. The van der Waals surface area contributed by atoms with Gasteiger partial charge in [-0.3, -0.25) is 4.79 Å². The van der Waals surface area contributed by atoms with E-state index < -0.39 is 11.4 Å². The van der Waals surface area contributed by atoms with Crippen molar-refractivity contribution < 1.29 is 9.90 Å². The number of hydrogen-bond acceptors (Lipinski definition) is 1. The minimum absolute atomic E-state index is 0.0959. The van der Waals surface area contributed by atoms with Crippen LogP contribution in [0.15, 0.2) is 91.0 Å². The average Bonchev–Trinajstić information content (AvgIpc) is 2.64. The molecule has 2 heteroatoms. The molecule has 0 amide bonds. The van der Waals surface area contributed by atoms with Crippen molar-refractivity contribution in [1.82, 2.24) is 0 Å². The van der Waals surface area contributed by atoms with Gasteiger partial charge in [-0.05, 0) is 22.6 Å². The van der Waals surface area contributed by atoms with E-state index in [0.29, 0.717) is 0 Å². The molecule has 0 radical (unpaired) electrons. The lowest BCUT2D eigenvalue weighted by molar-refractivity contribution is -0.138. The second-order valence-corrected chi connectivity index (χ2v) is 6.40. The third-order valence-electron chi connectivity index (χ3n) is 4.91. The topological polar surface area (TPSA) is 37.3 Å². The highest BCUT2D eigenvalue weighted by atomic mass is 16.4. The van der Waals surface area contributed by atoms with Gasteiger partial charge >= 0.3 is 5.97 Å². The first kappa shape index (κ1) is 17.0. The summed E-state index contributed by atoms with van der Waals surface area (Å²) in [5, 5.41) is 9.49. The normalized spacial score (nSPS) is 12.5. The highest BCUT2D eigenvalue weighted by molar-refractivity contribution is 5.68. The molecule has 0 aliphatic rings. The van der Waals surface area contributed by atoms with Gasteiger partial charge in [-0.25, -0.2) is 0 Å². The van der Waals surface area contributed by atoms with Crippen LogP contribution in [0.2, 0.25) is 0 Å². The summed E-state index contributed by atoms with van der Waals surface area (Å²) in [5.41, 5.74) is 2.82. The van der Waals surface area contributed by atoms with Crippen LogP contribution in [0.25, 0.3) is 0 Å². The van der Waals surface area contributed by atoms with Gasteiger partial charge in [-0.1, -0.05) is 97.9 Å². The fraction of sp³-hybridized carbons (Fsp3) is 0.174. The van der Waals surface area contributed by atoms with Crippen molar-refractivity contribution in [3.8, 4) is 0 Å². The molecule has 0 unspecified atom stereocenters. The van der Waals surface area contributed by atoms with Crippen LogP contribution in [0.3, 0.4) is 0 Å². The second kappa shape index (κ2) is 7.35. The highest BCUT2D eigenvalue weighted by Gasteiger charge is 2.42. The average molecular weight is 330 g/mol. The van der Waals surface area contributed by atoms with Gasteiger partial charge in [0, 0.05) is 11.8 Å². The van der Waals surface area contributed by atoms with Crippen molar-refractivity contribution >= 4 is 5.97 Å². The Bertz CT molecular complexity index is 714. The summed E-state index contributed by atoms with van der Waals surface area (Å²) in [6.45, 7) is 2.03. The molecule has 1 atom stereocenters. The molecule has 0 aromatic heterocycles. The van der Waals surface area contributed by atoms with E-state index in [4.69, 9.17) is 0 Å². The monoisotopic (exact) mass is 330 g/mol. The number of carboxylic acid groups (broad SMARTS) is 1. The van der Waals surface area contributed by atoms with E-state index in [1.807, 2.05) is 61.5 Å². The van der Waals surface area contributed by atoms with Crippen LogP contribution in [0, 0.1) is 5.92 Å². The van der Waals surface area contributed by atoms with Crippen molar-refractivity contribution in [2.45, 2.75) is 18.8 Å². The fourth-order valence-electron chi connectivity index (χ4n) is 3.87. The molecule has 1 N–H and O–H groups in total. The first-order chi connectivity index (χ1) is 12.2. The number of carboxylic acids is 1. The van der Waals surface area contributed by atoms with Gasteiger partial charge in [-0.15, -0.1) is 0 Å². The lowest BCUT2D eigenvalue weighted by Gasteiger charge is -2.41. The third kappa shape index (κ3) is 3.20. The van der Waals surface area contributed by atoms with Crippen molar-refractivity contribution in [3.63, 3.8) is 0 Å². The number of rotatable bonds is 6. The maximum absolute atomic E-state index is 11.6. The summed E-state index contributed by atoms with van der Waals surface area (Å²) >= 11 is 0. The van der Waals surface area contributed by atoms with Gasteiger partial charge in [0.1, 0.15) is 0 Å². The minimum atomic E-state index is -0.778. The zero-order valence-electron chi connectivity index (χ0n) is 14.3. The van der Waals surface area contributed by atoms with Crippen LogP contribution in [0.4, 0.5) is 0 Å². The SMILES string of the molecule is C[C@@H](CC(=O)O)C(c1ccccc1)(c1ccccc1)c1ccccc1. The van der Waals surface area contributed by atoms with Crippen LogP contribution in [-0.2, 0) is 10.2 Å². The molecular formula is C23H22O2. The predicted molar refractivity (Wildman–Crippen MR) is 101 cm³/mol. The molecule has 0 saturated carbocycles. The zero-order chi connectivity index (χ0) is 17.7. The van der Waals surface area contributed by atoms with Crippen molar-refractivity contribution in [2.75, 3.05) is 0 Å². The molecule has 25 heavy (non-hydrogen) atoms. The van der Waals surface area contributed by atoms with Gasteiger partial charge in [0.05, 0.1) is 0 Å². The van der Waals surface area contributed by atoms with E-state index >= 15 is 0 Å². The van der Waals surface area contributed by atoms with Crippen LogP contribution >= 0.6 is 0 Å². The number of hydrogen-bond donors (Lipinski definition) is 1. The molecule has 3 rings (SSSR count). The lowest BCUT2D eigenvalue weighted by atomic mass is 9.61. The summed E-state index contributed by atoms with van der Waals surface area (Å²) in [7, 11) is 0. The Labute approximate surface area is 148 Å². The highest BCUT2D eigenvalue weighted by Crippen LogP contribution is 2.46. The van der Waals surface area contributed by atoms with Gasteiger partial charge in [0.2, 0.25) is 0 Å². The van der Waals surface area contributed by atoms with Gasteiger partial charge in [-0.2, -0.15) is 0 Å². The smallest absolute Gasteiger partial charge is 0.303 e. The fourth-order valence-corrected chi connectivity index (χ4v) is 3.87. The van der Waals surface area contributed by atoms with Gasteiger partial charge < -0.3 is 5.11 Å². The lowest BCUT2D eigenvalue weighted by Crippen LogP contribution is -2.37. The Balaban J connectivity index is 2.33. The van der Waals surface area contributed by atoms with Crippen molar-refractivity contribution in [2.24, 2.45) is 5.92 Å². The molecule has 3 aromatic rings. The standard InChI is InChI=1S/C23H22O2/c1-18(17-22(24)25)23(19-11-5-2-6-12-19,20-13-7-3-8-14-20)21-15-9-4-10-16-21/h2-16,18H,17H2,1H3,(H,24,25)/t18-/m0/s1. The van der Waals surface area contributed by atoms with Crippen LogP contribution < -0.4 is 0 Å². The maximum atomic E-state index is 11.6. The molecule has 0 aliphatic carbocycles. The zero-order valence-corrected chi connectivity index (χ0v) is 14.3. The maximum Gasteiger partial charge on any atom is 0.303 e. The first-order valence-electron chi connectivity index (χ1n) is 8.54. The summed E-state index contributed by atoms with van der Waals surface area (Å²) in [6.07, 6.45) is 0.0959. The van der Waals surface area contributed by atoms with E-state index in [0.717, 1.165) is 16.7 Å². The van der Waals surface area contributed by atoms with E-state index in [1.54, 1.807) is 0 Å². The Hall–Kier alpha value is -2.87. The first-order valence-corrected chi connectivity index (χ1v) is 8.54. The Kier molecular flexibility index (Phi) is 4.99. The summed E-state index contributed by atoms with van der Waals surface area (Å²) in [4.78, 5) is 11.6. The summed E-state index contributed by atoms with van der Waals surface area (Å²) in [6, 6.07) is 30.7. The van der Waals surface area contributed by atoms with Crippen molar-refractivity contribution in [1.29, 1.82) is 0 Å². The molecular weight excluding hydrogens is 308 g/mol. The number of carbonyl (C=O) groups is 1. The van der Waals surface area contributed by atoms with Crippen LogP contribution in [0.5, 0.6) is 0 Å². The molecule has 3 aromatic carbocycles. The van der Waals surface area contributed by atoms with Crippen LogP contribution in [-0.4, -0.2) is 11.1 Å². The van der Waals surface area contributed by atoms with E-state index in [1.165, 1.54) is 0 Å². The molecule has 0 fully saturated rings. The van der Waals surface area contributed by atoms with E-state index in [-0.39, 0.29) is 12.3 Å². The predicted octanol–water partition coefficient (Wildman–Crippen LogP) is 5.13. The quantitative estimate of drug-likeness (QED) is 0.636. The molecule has 0 saturated heterocycles. The van der Waals surface area contributed by atoms with Gasteiger partial charge in [0.15, 0.2) is 0 Å². The number of benzene rings is 3. The largest absolute Gasteiger partial charge is 0.481 e. The Morgan fingerprint density at radius 1 is 0.760 bits per heavy atom. The molecule has 0 heterocycles.